The Labute approximate surface area is 186 Å². The van der Waals surface area contributed by atoms with Gasteiger partial charge in [-0.15, -0.1) is 0 Å². The van der Waals surface area contributed by atoms with E-state index >= 15 is 0 Å². The molecule has 2 N–H and O–H groups in total. The molecule has 0 aliphatic rings. The summed E-state index contributed by atoms with van der Waals surface area (Å²) >= 11 is 5.60. The van der Waals surface area contributed by atoms with E-state index in [0.29, 0.717) is 17.2 Å². The van der Waals surface area contributed by atoms with Gasteiger partial charge in [0.1, 0.15) is 17.2 Å². The van der Waals surface area contributed by atoms with Crippen LogP contribution in [0.3, 0.4) is 0 Å². The van der Waals surface area contributed by atoms with Gasteiger partial charge in [0, 0.05) is 25.0 Å². The van der Waals surface area contributed by atoms with Crippen LogP contribution in [0.5, 0.6) is 11.5 Å². The van der Waals surface area contributed by atoms with Crippen LogP contribution in [-0.4, -0.2) is 23.8 Å². The van der Waals surface area contributed by atoms with Crippen LogP contribution in [0.15, 0.2) is 60.8 Å². The molecule has 3 aromatic rings. The SMILES string of the molecule is CNC(=O)c1cc(Oc2ccc(NC(=O)Cc3ccc(Cl)c(C(F)(F)F)c3)cc2)ccn1. The molecule has 0 atom stereocenters. The minimum absolute atomic E-state index is 0.184. The monoisotopic (exact) mass is 463 g/mol. The lowest BCUT2D eigenvalue weighted by molar-refractivity contribution is -0.137. The summed E-state index contributed by atoms with van der Waals surface area (Å²) in [4.78, 5) is 27.8. The fourth-order valence-corrected chi connectivity index (χ4v) is 2.98. The van der Waals surface area contributed by atoms with Gasteiger partial charge in [0.25, 0.3) is 5.91 Å². The molecule has 0 spiro atoms. The third-order valence-corrected chi connectivity index (χ3v) is 4.60. The van der Waals surface area contributed by atoms with Gasteiger partial charge in [-0.3, -0.25) is 14.6 Å². The van der Waals surface area contributed by atoms with E-state index < -0.39 is 22.7 Å². The number of amides is 2. The van der Waals surface area contributed by atoms with Crippen molar-refractivity contribution < 1.29 is 27.5 Å². The molecular formula is C22H17ClF3N3O3. The zero-order chi connectivity index (χ0) is 23.3. The van der Waals surface area contributed by atoms with Gasteiger partial charge in [-0.25, -0.2) is 0 Å². The number of halogens is 4. The molecular weight excluding hydrogens is 447 g/mol. The highest BCUT2D eigenvalue weighted by Gasteiger charge is 2.33. The van der Waals surface area contributed by atoms with Gasteiger partial charge in [0.05, 0.1) is 17.0 Å². The summed E-state index contributed by atoms with van der Waals surface area (Å²) in [5.74, 6) is 0.0122. The van der Waals surface area contributed by atoms with E-state index in [1.54, 1.807) is 30.3 Å². The van der Waals surface area contributed by atoms with Crippen LogP contribution >= 0.6 is 11.6 Å². The van der Waals surface area contributed by atoms with Crippen molar-refractivity contribution in [2.45, 2.75) is 12.6 Å². The van der Waals surface area contributed by atoms with Crippen molar-refractivity contribution in [2.75, 3.05) is 12.4 Å². The third kappa shape index (κ3) is 5.98. The normalized spacial score (nSPS) is 11.0. The van der Waals surface area contributed by atoms with Crippen molar-refractivity contribution in [1.82, 2.24) is 10.3 Å². The van der Waals surface area contributed by atoms with Gasteiger partial charge >= 0.3 is 6.18 Å². The van der Waals surface area contributed by atoms with Crippen LogP contribution < -0.4 is 15.4 Å². The Morgan fingerprint density at radius 3 is 2.41 bits per heavy atom. The molecule has 32 heavy (non-hydrogen) atoms. The van der Waals surface area contributed by atoms with E-state index in [0.717, 1.165) is 12.1 Å². The predicted molar refractivity (Wildman–Crippen MR) is 113 cm³/mol. The average molecular weight is 464 g/mol. The highest BCUT2D eigenvalue weighted by Crippen LogP contribution is 2.35. The van der Waals surface area contributed by atoms with Crippen LogP contribution in [0.4, 0.5) is 18.9 Å². The molecule has 0 aliphatic carbocycles. The lowest BCUT2D eigenvalue weighted by atomic mass is 10.1. The Hall–Kier alpha value is -3.59. The maximum atomic E-state index is 13.0. The lowest BCUT2D eigenvalue weighted by Gasteiger charge is -2.11. The van der Waals surface area contributed by atoms with Crippen LogP contribution in [0.1, 0.15) is 21.6 Å². The number of rotatable bonds is 6. The minimum Gasteiger partial charge on any atom is -0.457 e. The van der Waals surface area contributed by atoms with Crippen LogP contribution in [0.2, 0.25) is 5.02 Å². The van der Waals surface area contributed by atoms with E-state index in [1.807, 2.05) is 0 Å². The first kappa shape index (κ1) is 23.1. The van der Waals surface area contributed by atoms with Crippen LogP contribution in [0.25, 0.3) is 0 Å². The number of anilines is 1. The van der Waals surface area contributed by atoms with Crippen molar-refractivity contribution in [1.29, 1.82) is 0 Å². The fourth-order valence-electron chi connectivity index (χ4n) is 2.76. The average Bonchev–Trinajstić information content (AvgIpc) is 2.75. The molecule has 0 fully saturated rings. The quantitative estimate of drug-likeness (QED) is 0.534. The third-order valence-electron chi connectivity index (χ3n) is 4.27. The summed E-state index contributed by atoms with van der Waals surface area (Å²) in [7, 11) is 1.49. The van der Waals surface area contributed by atoms with Gasteiger partial charge in [-0.1, -0.05) is 17.7 Å². The van der Waals surface area contributed by atoms with Gasteiger partial charge in [-0.05, 0) is 48.0 Å². The molecule has 2 aromatic carbocycles. The number of ether oxygens (including phenoxy) is 1. The van der Waals surface area contributed by atoms with E-state index in [2.05, 4.69) is 15.6 Å². The van der Waals surface area contributed by atoms with Gasteiger partial charge in [-0.2, -0.15) is 13.2 Å². The molecule has 0 bridgehead atoms. The first-order valence-corrected chi connectivity index (χ1v) is 9.65. The zero-order valence-corrected chi connectivity index (χ0v) is 17.4. The molecule has 10 heteroatoms. The number of carbonyl (C=O) groups is 2. The van der Waals surface area contributed by atoms with E-state index in [-0.39, 0.29) is 23.6 Å². The molecule has 3 rings (SSSR count). The van der Waals surface area contributed by atoms with Crippen molar-refractivity contribution >= 4 is 29.1 Å². The second kappa shape index (κ2) is 9.69. The predicted octanol–water partition coefficient (Wildman–Crippen LogP) is 5.09. The minimum atomic E-state index is -4.60. The number of nitrogens with zero attached hydrogens (tertiary/aromatic N) is 1. The molecule has 1 heterocycles. The van der Waals surface area contributed by atoms with Crippen molar-refractivity contribution in [3.05, 3.63) is 82.6 Å². The molecule has 0 radical (unpaired) electrons. The molecule has 1 aromatic heterocycles. The highest BCUT2D eigenvalue weighted by molar-refractivity contribution is 6.31. The molecule has 0 saturated heterocycles. The highest BCUT2D eigenvalue weighted by atomic mass is 35.5. The summed E-state index contributed by atoms with van der Waals surface area (Å²) in [6, 6.07) is 12.8. The number of benzene rings is 2. The number of hydrogen-bond donors (Lipinski definition) is 2. The molecule has 2 amide bonds. The Kier molecular flexibility index (Phi) is 6.99. The maximum absolute atomic E-state index is 13.0. The zero-order valence-electron chi connectivity index (χ0n) is 16.7. The second-order valence-electron chi connectivity index (χ2n) is 6.62. The molecule has 6 nitrogen and oxygen atoms in total. The second-order valence-corrected chi connectivity index (χ2v) is 7.03. The van der Waals surface area contributed by atoms with Crippen LogP contribution in [0, 0.1) is 0 Å². The number of aromatic nitrogens is 1. The first-order valence-electron chi connectivity index (χ1n) is 9.27. The standard InChI is InChI=1S/C22H17ClF3N3O3/c1-27-21(31)19-12-16(8-9-28-19)32-15-5-3-14(4-6-15)29-20(30)11-13-2-7-18(23)17(10-13)22(24,25)26/h2-10,12H,11H2,1H3,(H,27,31)(H,29,30). The Bertz CT molecular complexity index is 1140. The van der Waals surface area contributed by atoms with Gasteiger partial charge in [0.15, 0.2) is 0 Å². The number of pyridine rings is 1. The van der Waals surface area contributed by atoms with Crippen LogP contribution in [-0.2, 0) is 17.4 Å². The van der Waals surface area contributed by atoms with E-state index in [9.17, 15) is 22.8 Å². The summed E-state index contributed by atoms with van der Waals surface area (Å²) < 4.78 is 44.6. The number of nitrogens with one attached hydrogen (secondary N) is 2. The molecule has 166 valence electrons. The lowest BCUT2D eigenvalue weighted by Crippen LogP contribution is -2.18. The molecule has 0 aliphatic heterocycles. The number of alkyl halides is 3. The number of hydrogen-bond acceptors (Lipinski definition) is 4. The van der Waals surface area contributed by atoms with Gasteiger partial charge < -0.3 is 15.4 Å². The van der Waals surface area contributed by atoms with Crippen molar-refractivity contribution in [3.8, 4) is 11.5 Å². The fraction of sp³-hybridized carbons (Fsp3) is 0.136. The molecule has 0 saturated carbocycles. The first-order chi connectivity index (χ1) is 15.2. The Morgan fingerprint density at radius 1 is 1.03 bits per heavy atom. The van der Waals surface area contributed by atoms with Crippen molar-refractivity contribution in [3.63, 3.8) is 0 Å². The van der Waals surface area contributed by atoms with Crippen molar-refractivity contribution in [2.24, 2.45) is 0 Å². The Morgan fingerprint density at radius 2 is 1.75 bits per heavy atom. The summed E-state index contributed by atoms with van der Waals surface area (Å²) in [6.45, 7) is 0. The summed E-state index contributed by atoms with van der Waals surface area (Å²) in [6.07, 6.45) is -3.41. The summed E-state index contributed by atoms with van der Waals surface area (Å²) in [5.41, 5.74) is -0.164. The van der Waals surface area contributed by atoms with Gasteiger partial charge in [0.2, 0.25) is 5.91 Å². The Balaban J connectivity index is 1.62. The maximum Gasteiger partial charge on any atom is 0.417 e. The number of carbonyl (C=O) groups excluding carboxylic acids is 2. The largest absolute Gasteiger partial charge is 0.457 e. The molecule has 0 unspecified atom stereocenters. The van der Waals surface area contributed by atoms with E-state index in [4.69, 9.17) is 16.3 Å². The van der Waals surface area contributed by atoms with E-state index in [1.165, 1.54) is 25.4 Å². The smallest absolute Gasteiger partial charge is 0.417 e. The topological polar surface area (TPSA) is 80.3 Å². The summed E-state index contributed by atoms with van der Waals surface area (Å²) in [5, 5.41) is 4.66.